The van der Waals surface area contributed by atoms with Gasteiger partial charge in [0.2, 0.25) is 5.91 Å². The van der Waals surface area contributed by atoms with Crippen molar-refractivity contribution < 1.29 is 9.18 Å². The summed E-state index contributed by atoms with van der Waals surface area (Å²) in [4.78, 5) is 45.2. The molecule has 29 heavy (non-hydrogen) atoms. The van der Waals surface area contributed by atoms with Crippen LogP contribution in [0.2, 0.25) is 0 Å². The highest BCUT2D eigenvalue weighted by Crippen LogP contribution is 2.25. The van der Waals surface area contributed by atoms with Crippen LogP contribution in [0.3, 0.4) is 0 Å². The van der Waals surface area contributed by atoms with Crippen molar-refractivity contribution in [2.75, 3.05) is 5.32 Å². The summed E-state index contributed by atoms with van der Waals surface area (Å²) in [6.07, 6.45) is 1.34. The van der Waals surface area contributed by atoms with Crippen LogP contribution in [-0.2, 0) is 25.4 Å². The Kier molecular flexibility index (Phi) is 4.59. The number of carbonyl (C=O) groups excluding carboxylic acids is 1. The van der Waals surface area contributed by atoms with Gasteiger partial charge in [-0.3, -0.25) is 18.7 Å². The molecular formula is C18H15FN6O3S. The van der Waals surface area contributed by atoms with Gasteiger partial charge in [0.25, 0.3) is 5.56 Å². The van der Waals surface area contributed by atoms with Gasteiger partial charge in [-0.2, -0.15) is 0 Å². The van der Waals surface area contributed by atoms with Crippen molar-refractivity contribution in [3.05, 3.63) is 62.6 Å². The van der Waals surface area contributed by atoms with E-state index >= 15 is 0 Å². The fourth-order valence-corrected chi connectivity index (χ4v) is 3.68. The molecular weight excluding hydrogens is 399 g/mol. The highest BCUT2D eigenvalue weighted by molar-refractivity contribution is 7.14. The van der Waals surface area contributed by atoms with Crippen LogP contribution in [-0.4, -0.2) is 29.6 Å². The van der Waals surface area contributed by atoms with E-state index in [1.165, 1.54) is 53.0 Å². The number of imidazole rings is 1. The van der Waals surface area contributed by atoms with E-state index in [4.69, 9.17) is 0 Å². The Hall–Kier alpha value is -3.60. The SMILES string of the molecule is Cn1c(=O)c2c(ncn2CC(=O)Nc2nc(-c3cccc(F)c3)cs2)n(C)c1=O. The summed E-state index contributed by atoms with van der Waals surface area (Å²) in [5, 5.41) is 4.72. The number of fused-ring (bicyclic) bond motifs is 1. The molecule has 0 saturated carbocycles. The lowest BCUT2D eigenvalue weighted by atomic mass is 10.2. The number of amides is 1. The predicted molar refractivity (Wildman–Crippen MR) is 106 cm³/mol. The summed E-state index contributed by atoms with van der Waals surface area (Å²) in [6, 6.07) is 6.01. The van der Waals surface area contributed by atoms with E-state index in [-0.39, 0.29) is 23.5 Å². The first-order valence-electron chi connectivity index (χ1n) is 8.47. The largest absolute Gasteiger partial charge is 0.332 e. The van der Waals surface area contributed by atoms with Gasteiger partial charge in [0.1, 0.15) is 12.4 Å². The molecule has 0 aliphatic carbocycles. The number of halogens is 1. The van der Waals surface area contributed by atoms with Crippen LogP contribution in [0.25, 0.3) is 22.4 Å². The van der Waals surface area contributed by atoms with E-state index in [0.717, 1.165) is 4.57 Å². The molecule has 4 rings (SSSR count). The number of aromatic nitrogens is 5. The zero-order valence-corrected chi connectivity index (χ0v) is 16.2. The summed E-state index contributed by atoms with van der Waals surface area (Å²) in [7, 11) is 2.87. The second-order valence-corrected chi connectivity index (χ2v) is 7.20. The first-order chi connectivity index (χ1) is 13.8. The highest BCUT2D eigenvalue weighted by atomic mass is 32.1. The molecule has 0 aliphatic heterocycles. The summed E-state index contributed by atoms with van der Waals surface area (Å²) in [6.45, 7) is -0.182. The van der Waals surface area contributed by atoms with E-state index in [0.29, 0.717) is 16.4 Å². The van der Waals surface area contributed by atoms with Gasteiger partial charge in [-0.15, -0.1) is 11.3 Å². The molecule has 0 spiro atoms. The third-order valence-corrected chi connectivity index (χ3v) is 5.16. The van der Waals surface area contributed by atoms with Gasteiger partial charge in [-0.25, -0.2) is 19.2 Å². The lowest BCUT2D eigenvalue weighted by Crippen LogP contribution is -2.37. The third kappa shape index (κ3) is 3.36. The molecule has 11 heteroatoms. The number of nitrogens with one attached hydrogen (secondary N) is 1. The van der Waals surface area contributed by atoms with Crippen LogP contribution in [0.15, 0.2) is 45.6 Å². The van der Waals surface area contributed by atoms with E-state index in [2.05, 4.69) is 15.3 Å². The van der Waals surface area contributed by atoms with Crippen molar-refractivity contribution in [1.29, 1.82) is 0 Å². The topological polar surface area (TPSA) is 104 Å². The summed E-state index contributed by atoms with van der Waals surface area (Å²) in [5.41, 5.74) is 0.479. The van der Waals surface area contributed by atoms with E-state index in [1.807, 2.05) is 0 Å². The molecule has 0 fully saturated rings. The molecule has 1 aromatic carbocycles. The number of nitrogens with zero attached hydrogens (tertiary/aromatic N) is 5. The normalized spacial score (nSPS) is 11.1. The Bertz CT molecular complexity index is 1370. The van der Waals surface area contributed by atoms with E-state index in [9.17, 15) is 18.8 Å². The lowest BCUT2D eigenvalue weighted by Gasteiger charge is -2.06. The molecule has 148 valence electrons. The lowest BCUT2D eigenvalue weighted by molar-refractivity contribution is -0.116. The fraction of sp³-hybridized carbons (Fsp3) is 0.167. The smallest absolute Gasteiger partial charge is 0.315 e. The van der Waals surface area contributed by atoms with Crippen LogP contribution in [0.5, 0.6) is 0 Å². The molecule has 0 radical (unpaired) electrons. The first-order valence-corrected chi connectivity index (χ1v) is 9.35. The summed E-state index contributed by atoms with van der Waals surface area (Å²) >= 11 is 1.20. The van der Waals surface area contributed by atoms with Crippen molar-refractivity contribution in [3.63, 3.8) is 0 Å². The molecule has 9 nitrogen and oxygen atoms in total. The van der Waals surface area contributed by atoms with Gasteiger partial charge >= 0.3 is 5.69 Å². The number of anilines is 1. The third-order valence-electron chi connectivity index (χ3n) is 4.40. The summed E-state index contributed by atoms with van der Waals surface area (Å²) < 4.78 is 17.0. The molecule has 0 atom stereocenters. The number of aryl methyl sites for hydroxylation is 1. The van der Waals surface area contributed by atoms with Crippen molar-refractivity contribution in [3.8, 4) is 11.3 Å². The van der Waals surface area contributed by atoms with Crippen LogP contribution in [0.1, 0.15) is 0 Å². The van der Waals surface area contributed by atoms with Gasteiger partial charge in [-0.05, 0) is 12.1 Å². The molecule has 0 aliphatic rings. The molecule has 3 aromatic heterocycles. The maximum absolute atomic E-state index is 13.4. The minimum Gasteiger partial charge on any atom is -0.315 e. The van der Waals surface area contributed by atoms with Gasteiger partial charge in [-0.1, -0.05) is 12.1 Å². The molecule has 0 saturated heterocycles. The molecule has 0 unspecified atom stereocenters. The van der Waals surface area contributed by atoms with Gasteiger partial charge < -0.3 is 9.88 Å². The van der Waals surface area contributed by atoms with Gasteiger partial charge in [0, 0.05) is 25.0 Å². The average molecular weight is 414 g/mol. The predicted octanol–water partition coefficient (Wildman–Crippen LogP) is 1.33. The maximum atomic E-state index is 13.4. The van der Waals surface area contributed by atoms with Crippen LogP contribution < -0.4 is 16.6 Å². The summed E-state index contributed by atoms with van der Waals surface area (Å²) in [5.74, 6) is -0.788. The second kappa shape index (κ2) is 7.09. The monoisotopic (exact) mass is 414 g/mol. The first kappa shape index (κ1) is 18.7. The zero-order valence-electron chi connectivity index (χ0n) is 15.4. The van der Waals surface area contributed by atoms with Gasteiger partial charge in [0.05, 0.1) is 12.0 Å². The number of benzene rings is 1. The molecule has 1 amide bonds. The molecule has 0 bridgehead atoms. The minimum absolute atomic E-state index is 0.157. The van der Waals surface area contributed by atoms with Gasteiger partial charge in [0.15, 0.2) is 16.3 Å². The Labute approximate surface area is 166 Å². The molecule has 4 aromatic rings. The Morgan fingerprint density at radius 1 is 1.24 bits per heavy atom. The standard InChI is InChI=1S/C18H15FN6O3S/c1-23-15-14(16(27)24(2)18(23)28)25(9-20-15)7-13(26)22-17-21-12(8-29-17)10-4-3-5-11(19)6-10/h3-6,8-9H,7H2,1-2H3,(H,21,22,26). The number of carbonyl (C=O) groups is 1. The number of hydrogen-bond acceptors (Lipinski definition) is 6. The van der Waals surface area contributed by atoms with Crippen molar-refractivity contribution >= 4 is 33.5 Å². The highest BCUT2D eigenvalue weighted by Gasteiger charge is 2.16. The number of hydrogen-bond donors (Lipinski definition) is 1. The second-order valence-electron chi connectivity index (χ2n) is 6.35. The van der Waals surface area contributed by atoms with Crippen molar-refractivity contribution in [1.82, 2.24) is 23.7 Å². The van der Waals surface area contributed by atoms with Crippen molar-refractivity contribution in [2.24, 2.45) is 14.1 Å². The zero-order chi connectivity index (χ0) is 20.7. The Morgan fingerprint density at radius 2 is 2.03 bits per heavy atom. The Balaban J connectivity index is 1.57. The molecule has 1 N–H and O–H groups in total. The van der Waals surface area contributed by atoms with Crippen LogP contribution in [0, 0.1) is 5.82 Å². The van der Waals surface area contributed by atoms with E-state index < -0.39 is 17.2 Å². The molecule has 3 heterocycles. The van der Waals surface area contributed by atoms with E-state index in [1.54, 1.807) is 17.5 Å². The maximum Gasteiger partial charge on any atom is 0.332 e. The Morgan fingerprint density at radius 3 is 2.79 bits per heavy atom. The van der Waals surface area contributed by atoms with Crippen molar-refractivity contribution in [2.45, 2.75) is 6.54 Å². The minimum atomic E-state index is -0.531. The average Bonchev–Trinajstić information content (AvgIpc) is 3.32. The quantitative estimate of drug-likeness (QED) is 0.543. The number of thiazole rings is 1. The van der Waals surface area contributed by atoms with Crippen LogP contribution >= 0.6 is 11.3 Å². The van der Waals surface area contributed by atoms with Crippen LogP contribution in [0.4, 0.5) is 9.52 Å². The number of rotatable bonds is 4. The fourth-order valence-electron chi connectivity index (χ4n) is 2.94.